The van der Waals surface area contributed by atoms with E-state index in [4.69, 9.17) is 4.74 Å². The number of hydrogen-bond acceptors (Lipinski definition) is 2. The van der Waals surface area contributed by atoms with E-state index in [0.29, 0.717) is 6.61 Å². The van der Waals surface area contributed by atoms with Crippen LogP contribution in [0.15, 0.2) is 48.5 Å². The van der Waals surface area contributed by atoms with Gasteiger partial charge in [0.15, 0.2) is 0 Å². The number of hydrogen-bond donors (Lipinski definition) is 1. The van der Waals surface area contributed by atoms with Crippen molar-refractivity contribution in [3.05, 3.63) is 54.1 Å². The van der Waals surface area contributed by atoms with Crippen LogP contribution >= 0.6 is 0 Å². The molecule has 0 spiro atoms. The van der Waals surface area contributed by atoms with Crippen LogP contribution in [0.5, 0.6) is 5.75 Å². The fourth-order valence-corrected chi connectivity index (χ4v) is 3.14. The monoisotopic (exact) mass is 293 g/mol. The Balaban J connectivity index is 2.07. The van der Waals surface area contributed by atoms with Gasteiger partial charge in [-0.15, -0.1) is 0 Å². The number of fused-ring (bicyclic) bond motifs is 1. The highest BCUT2D eigenvalue weighted by molar-refractivity contribution is 5.84. The molecule has 0 amide bonds. The minimum atomic E-state index is 0.00181. The predicted octanol–water partition coefficient (Wildman–Crippen LogP) is 5.36. The molecular formula is C20H23NO. The molecular weight excluding hydrogens is 270 g/mol. The van der Waals surface area contributed by atoms with E-state index in [2.05, 4.69) is 62.5 Å². The summed E-state index contributed by atoms with van der Waals surface area (Å²) < 4.78 is 5.77. The van der Waals surface area contributed by atoms with Gasteiger partial charge in [-0.2, -0.15) is 0 Å². The van der Waals surface area contributed by atoms with Crippen LogP contribution in [0, 0.1) is 0 Å². The van der Waals surface area contributed by atoms with Gasteiger partial charge in [-0.3, -0.25) is 0 Å². The van der Waals surface area contributed by atoms with Crippen molar-refractivity contribution in [2.45, 2.75) is 33.2 Å². The number of para-hydroxylation sites is 1. The third-order valence-corrected chi connectivity index (χ3v) is 3.98. The lowest BCUT2D eigenvalue weighted by atomic mass is 9.89. The Morgan fingerprint density at radius 3 is 2.59 bits per heavy atom. The summed E-state index contributed by atoms with van der Waals surface area (Å²) in [7, 11) is 0. The summed E-state index contributed by atoms with van der Waals surface area (Å²) in [5, 5.41) is 3.58. The Hall–Kier alpha value is -2.22. The summed E-state index contributed by atoms with van der Waals surface area (Å²) >= 11 is 0. The van der Waals surface area contributed by atoms with E-state index in [1.807, 2.05) is 19.1 Å². The lowest BCUT2D eigenvalue weighted by Crippen LogP contribution is -2.31. The molecule has 0 aromatic heterocycles. The number of nitrogens with one attached hydrogen (secondary N) is 1. The second-order valence-electron chi connectivity index (χ2n) is 6.36. The molecule has 2 aromatic carbocycles. The summed E-state index contributed by atoms with van der Waals surface area (Å²) in [5.74, 6) is 0.940. The van der Waals surface area contributed by atoms with E-state index in [1.54, 1.807) is 0 Å². The third-order valence-electron chi connectivity index (χ3n) is 3.98. The van der Waals surface area contributed by atoms with Crippen LogP contribution in [0.2, 0.25) is 0 Å². The topological polar surface area (TPSA) is 21.3 Å². The lowest BCUT2D eigenvalue weighted by molar-refractivity contribution is 0.341. The molecule has 0 saturated heterocycles. The third kappa shape index (κ3) is 2.74. The second kappa shape index (κ2) is 5.53. The fourth-order valence-electron chi connectivity index (χ4n) is 3.14. The van der Waals surface area contributed by atoms with E-state index in [1.165, 1.54) is 22.4 Å². The first-order valence-electron chi connectivity index (χ1n) is 7.84. The maximum atomic E-state index is 5.77. The molecule has 0 fully saturated rings. The molecule has 1 N–H and O–H groups in total. The summed E-state index contributed by atoms with van der Waals surface area (Å²) in [5.41, 5.74) is 6.11. The zero-order valence-corrected chi connectivity index (χ0v) is 13.7. The first-order chi connectivity index (χ1) is 10.5. The van der Waals surface area contributed by atoms with E-state index in [9.17, 15) is 0 Å². The molecule has 1 aliphatic rings. The highest BCUT2D eigenvalue weighted by atomic mass is 16.5. The van der Waals surface area contributed by atoms with Gasteiger partial charge in [-0.05, 0) is 57.0 Å². The van der Waals surface area contributed by atoms with Crippen molar-refractivity contribution >= 4 is 11.3 Å². The van der Waals surface area contributed by atoms with Crippen LogP contribution in [0.3, 0.4) is 0 Å². The zero-order valence-electron chi connectivity index (χ0n) is 13.7. The lowest BCUT2D eigenvalue weighted by Gasteiger charge is -2.31. The summed E-state index contributed by atoms with van der Waals surface area (Å²) in [6, 6.07) is 14.8. The Morgan fingerprint density at radius 1 is 1.05 bits per heavy atom. The highest BCUT2D eigenvalue weighted by Gasteiger charge is 2.22. The molecule has 0 saturated carbocycles. The van der Waals surface area contributed by atoms with Crippen LogP contribution in [0.25, 0.3) is 16.7 Å². The Labute approximate surface area is 132 Å². The highest BCUT2D eigenvalue weighted by Crippen LogP contribution is 2.38. The largest absolute Gasteiger partial charge is 0.493 e. The molecule has 22 heavy (non-hydrogen) atoms. The number of rotatable bonds is 3. The van der Waals surface area contributed by atoms with Crippen LogP contribution < -0.4 is 10.1 Å². The first-order valence-corrected chi connectivity index (χ1v) is 7.84. The zero-order chi connectivity index (χ0) is 15.7. The van der Waals surface area contributed by atoms with E-state index in [0.717, 1.165) is 11.3 Å². The average molecular weight is 293 g/mol. The normalized spacial score (nSPS) is 15.5. The minimum Gasteiger partial charge on any atom is -0.493 e. The smallest absolute Gasteiger partial charge is 0.127 e. The summed E-state index contributed by atoms with van der Waals surface area (Å²) in [6.07, 6.45) is 2.29. The standard InChI is InChI=1S/C20H23NO/c1-5-22-19-9-7-6-8-16(19)15-10-11-18-17(12-15)14(2)13-20(3,4)21-18/h6-13,21H,5H2,1-4H3. The fraction of sp³-hybridized carbons (Fsp3) is 0.300. The number of ether oxygens (including phenoxy) is 1. The van der Waals surface area contributed by atoms with Crippen molar-refractivity contribution < 1.29 is 4.74 Å². The molecule has 0 aliphatic carbocycles. The molecule has 2 nitrogen and oxygen atoms in total. The molecule has 0 bridgehead atoms. The van der Waals surface area contributed by atoms with E-state index in [-0.39, 0.29) is 5.54 Å². The molecule has 0 unspecified atom stereocenters. The molecule has 114 valence electrons. The van der Waals surface area contributed by atoms with Gasteiger partial charge < -0.3 is 10.1 Å². The molecule has 0 atom stereocenters. The van der Waals surface area contributed by atoms with Gasteiger partial charge in [-0.25, -0.2) is 0 Å². The Kier molecular flexibility index (Phi) is 3.69. The van der Waals surface area contributed by atoms with Gasteiger partial charge in [-0.1, -0.05) is 30.3 Å². The number of anilines is 1. The Morgan fingerprint density at radius 2 is 1.82 bits per heavy atom. The molecule has 1 heterocycles. The van der Waals surface area contributed by atoms with Crippen molar-refractivity contribution in [1.82, 2.24) is 0 Å². The van der Waals surface area contributed by atoms with Gasteiger partial charge >= 0.3 is 0 Å². The van der Waals surface area contributed by atoms with Crippen molar-refractivity contribution in [1.29, 1.82) is 0 Å². The van der Waals surface area contributed by atoms with Crippen LogP contribution in [-0.4, -0.2) is 12.1 Å². The predicted molar refractivity (Wildman–Crippen MR) is 94.4 cm³/mol. The van der Waals surface area contributed by atoms with Gasteiger partial charge in [0.25, 0.3) is 0 Å². The second-order valence-corrected chi connectivity index (χ2v) is 6.36. The maximum absolute atomic E-state index is 5.77. The van der Waals surface area contributed by atoms with Crippen LogP contribution in [0.1, 0.15) is 33.3 Å². The summed E-state index contributed by atoms with van der Waals surface area (Å²) in [6.45, 7) is 9.26. The molecule has 0 radical (unpaired) electrons. The SMILES string of the molecule is CCOc1ccccc1-c1ccc2c(c1)C(C)=CC(C)(C)N2. The Bertz CT molecular complexity index is 728. The minimum absolute atomic E-state index is 0.00181. The van der Waals surface area contributed by atoms with Crippen molar-refractivity contribution in [3.63, 3.8) is 0 Å². The molecule has 2 heteroatoms. The molecule has 1 aliphatic heterocycles. The van der Waals surface area contributed by atoms with E-state index >= 15 is 0 Å². The van der Waals surface area contributed by atoms with Gasteiger partial charge in [0.05, 0.1) is 12.1 Å². The van der Waals surface area contributed by atoms with Gasteiger partial charge in [0, 0.05) is 16.8 Å². The van der Waals surface area contributed by atoms with Gasteiger partial charge in [0.2, 0.25) is 0 Å². The van der Waals surface area contributed by atoms with Crippen LogP contribution in [0.4, 0.5) is 5.69 Å². The molecule has 3 rings (SSSR count). The van der Waals surface area contributed by atoms with Crippen molar-refractivity contribution in [2.75, 3.05) is 11.9 Å². The maximum Gasteiger partial charge on any atom is 0.127 e. The first kappa shape index (κ1) is 14.7. The quantitative estimate of drug-likeness (QED) is 0.822. The number of benzene rings is 2. The van der Waals surface area contributed by atoms with Crippen LogP contribution in [-0.2, 0) is 0 Å². The average Bonchev–Trinajstić information content (AvgIpc) is 2.47. The number of allylic oxidation sites excluding steroid dienone is 1. The van der Waals surface area contributed by atoms with E-state index < -0.39 is 0 Å². The summed E-state index contributed by atoms with van der Waals surface area (Å²) in [4.78, 5) is 0. The van der Waals surface area contributed by atoms with Crippen molar-refractivity contribution in [2.24, 2.45) is 0 Å². The van der Waals surface area contributed by atoms with Gasteiger partial charge in [0.1, 0.15) is 5.75 Å². The van der Waals surface area contributed by atoms with Crippen molar-refractivity contribution in [3.8, 4) is 16.9 Å². The molecule has 2 aromatic rings.